The minimum Gasteiger partial charge on any atom is -0.493 e. The highest BCUT2D eigenvalue weighted by Gasteiger charge is 2.23. The summed E-state index contributed by atoms with van der Waals surface area (Å²) in [5.74, 6) is 2.07. The Balaban J connectivity index is 1.84. The van der Waals surface area contributed by atoms with Gasteiger partial charge in [0.15, 0.2) is 11.5 Å². The van der Waals surface area contributed by atoms with E-state index in [0.717, 1.165) is 52.1 Å². The van der Waals surface area contributed by atoms with E-state index in [-0.39, 0.29) is 0 Å². The molecular weight excluding hydrogens is 402 g/mol. The van der Waals surface area contributed by atoms with Gasteiger partial charge in [-0.25, -0.2) is 0 Å². The molecule has 3 rings (SSSR count). The first-order valence-electron chi connectivity index (χ1n) is 11.7. The Kier molecular flexibility index (Phi) is 9.06. The Labute approximate surface area is 193 Å². The number of hydrogen-bond donors (Lipinski definition) is 1. The number of hydrogen-bond acceptors (Lipinski definition) is 6. The third-order valence-corrected chi connectivity index (χ3v) is 6.40. The quantitative estimate of drug-likeness (QED) is 0.575. The molecule has 1 aliphatic heterocycles. The zero-order chi connectivity index (χ0) is 22.9. The fourth-order valence-electron chi connectivity index (χ4n) is 4.61. The third kappa shape index (κ3) is 5.87. The molecule has 0 aromatic heterocycles. The molecule has 1 heterocycles. The van der Waals surface area contributed by atoms with Crippen LogP contribution in [0.1, 0.15) is 25.0 Å². The summed E-state index contributed by atoms with van der Waals surface area (Å²) in [4.78, 5) is 4.99. The van der Waals surface area contributed by atoms with Gasteiger partial charge in [-0.3, -0.25) is 4.90 Å². The smallest absolute Gasteiger partial charge is 0.203 e. The van der Waals surface area contributed by atoms with Crippen molar-refractivity contribution in [2.75, 3.05) is 65.5 Å². The lowest BCUT2D eigenvalue weighted by Gasteiger charge is -2.35. The van der Waals surface area contributed by atoms with E-state index in [2.05, 4.69) is 65.4 Å². The van der Waals surface area contributed by atoms with Gasteiger partial charge in [0.05, 0.1) is 21.3 Å². The number of nitrogens with one attached hydrogen (secondary N) is 1. The zero-order valence-corrected chi connectivity index (χ0v) is 20.3. The normalized spacial score (nSPS) is 15.3. The Morgan fingerprint density at radius 1 is 0.844 bits per heavy atom. The van der Waals surface area contributed by atoms with E-state index in [1.54, 1.807) is 21.3 Å². The molecule has 1 saturated heterocycles. The first kappa shape index (κ1) is 24.2. The van der Waals surface area contributed by atoms with E-state index < -0.39 is 0 Å². The predicted octanol–water partition coefficient (Wildman–Crippen LogP) is 3.62. The molecule has 6 heteroatoms. The average Bonchev–Trinajstić information content (AvgIpc) is 2.85. The average molecular weight is 442 g/mol. The Hall–Kier alpha value is -2.44. The number of piperazine rings is 1. The molecule has 0 amide bonds. The second kappa shape index (κ2) is 12.0. The van der Waals surface area contributed by atoms with Crippen LogP contribution in [0.15, 0.2) is 36.4 Å². The molecule has 32 heavy (non-hydrogen) atoms. The molecule has 1 N–H and O–H groups in total. The van der Waals surface area contributed by atoms with E-state index >= 15 is 0 Å². The lowest BCUT2D eigenvalue weighted by molar-refractivity contribution is 0.170. The molecule has 2 aromatic carbocycles. The largest absolute Gasteiger partial charge is 0.493 e. The van der Waals surface area contributed by atoms with E-state index in [9.17, 15) is 0 Å². The fourth-order valence-corrected chi connectivity index (χ4v) is 4.61. The van der Waals surface area contributed by atoms with Crippen molar-refractivity contribution < 1.29 is 14.2 Å². The van der Waals surface area contributed by atoms with E-state index in [0.29, 0.717) is 23.3 Å². The molecular formula is C26H39N3O3. The zero-order valence-electron chi connectivity index (χ0n) is 20.3. The van der Waals surface area contributed by atoms with Crippen LogP contribution in [0.5, 0.6) is 17.2 Å². The minimum atomic E-state index is 0.402. The fraction of sp³-hybridized carbons (Fsp3) is 0.538. The summed E-state index contributed by atoms with van der Waals surface area (Å²) in [6.45, 7) is 10.7. The van der Waals surface area contributed by atoms with Crippen LogP contribution in [0.4, 0.5) is 5.69 Å². The van der Waals surface area contributed by atoms with Crippen LogP contribution < -0.4 is 24.4 Å². The van der Waals surface area contributed by atoms with Gasteiger partial charge in [-0.2, -0.15) is 0 Å². The summed E-state index contributed by atoms with van der Waals surface area (Å²) < 4.78 is 16.7. The number of ether oxygens (including phenoxy) is 3. The maximum absolute atomic E-state index is 5.59. The van der Waals surface area contributed by atoms with Crippen LogP contribution >= 0.6 is 0 Å². The van der Waals surface area contributed by atoms with Crippen LogP contribution in [0, 0.1) is 0 Å². The SMILES string of the molecule is CCN(CC)c1ccc(CC(Cc2cc(OC)c(OC)c(OC)c2)N2CCNCC2)cc1. The van der Waals surface area contributed by atoms with E-state index in [1.807, 2.05) is 0 Å². The maximum atomic E-state index is 5.59. The molecule has 0 saturated carbocycles. The summed E-state index contributed by atoms with van der Waals surface area (Å²) in [6.07, 6.45) is 1.93. The summed E-state index contributed by atoms with van der Waals surface area (Å²) >= 11 is 0. The molecule has 0 radical (unpaired) electrons. The van der Waals surface area contributed by atoms with Crippen molar-refractivity contribution in [3.05, 3.63) is 47.5 Å². The number of benzene rings is 2. The molecule has 1 atom stereocenters. The number of nitrogens with zero attached hydrogens (tertiary/aromatic N) is 2. The van der Waals surface area contributed by atoms with Crippen molar-refractivity contribution in [2.24, 2.45) is 0 Å². The molecule has 0 aliphatic carbocycles. The number of anilines is 1. The molecule has 1 fully saturated rings. The molecule has 2 aromatic rings. The van der Waals surface area contributed by atoms with Crippen molar-refractivity contribution in [3.63, 3.8) is 0 Å². The second-order valence-corrected chi connectivity index (χ2v) is 8.22. The van der Waals surface area contributed by atoms with Gasteiger partial charge in [-0.15, -0.1) is 0 Å². The third-order valence-electron chi connectivity index (χ3n) is 6.40. The molecule has 0 spiro atoms. The van der Waals surface area contributed by atoms with Gasteiger partial charge in [0.2, 0.25) is 5.75 Å². The van der Waals surface area contributed by atoms with Crippen LogP contribution in [0.3, 0.4) is 0 Å². The number of methoxy groups -OCH3 is 3. The Morgan fingerprint density at radius 2 is 1.41 bits per heavy atom. The topological polar surface area (TPSA) is 46.2 Å². The van der Waals surface area contributed by atoms with Crippen molar-refractivity contribution in [1.29, 1.82) is 0 Å². The lowest BCUT2D eigenvalue weighted by Crippen LogP contribution is -2.49. The van der Waals surface area contributed by atoms with Gasteiger partial charge in [0, 0.05) is 51.0 Å². The summed E-state index contributed by atoms with van der Waals surface area (Å²) in [6, 6.07) is 13.7. The standard InChI is InChI=1S/C26H39N3O3/c1-6-28(7-2)22-10-8-20(9-11-22)16-23(29-14-12-27-13-15-29)17-21-18-24(30-3)26(32-5)25(19-21)31-4/h8-11,18-19,23,27H,6-7,12-17H2,1-5H3. The molecule has 6 nitrogen and oxygen atoms in total. The Bertz CT molecular complexity index is 806. The van der Waals surface area contributed by atoms with Gasteiger partial charge >= 0.3 is 0 Å². The predicted molar refractivity (Wildman–Crippen MR) is 132 cm³/mol. The number of rotatable bonds is 11. The van der Waals surface area contributed by atoms with Gasteiger partial charge in [0.25, 0.3) is 0 Å². The van der Waals surface area contributed by atoms with Gasteiger partial charge in [-0.1, -0.05) is 12.1 Å². The first-order chi connectivity index (χ1) is 15.6. The summed E-state index contributed by atoms with van der Waals surface area (Å²) in [5, 5.41) is 3.48. The summed E-state index contributed by atoms with van der Waals surface area (Å²) in [5.41, 5.74) is 3.86. The highest BCUT2D eigenvalue weighted by atomic mass is 16.5. The van der Waals surface area contributed by atoms with Crippen molar-refractivity contribution >= 4 is 5.69 Å². The van der Waals surface area contributed by atoms with Gasteiger partial charge in [0.1, 0.15) is 0 Å². The Morgan fingerprint density at radius 3 is 1.91 bits per heavy atom. The van der Waals surface area contributed by atoms with Crippen molar-refractivity contribution in [1.82, 2.24) is 10.2 Å². The maximum Gasteiger partial charge on any atom is 0.203 e. The molecule has 1 aliphatic rings. The first-order valence-corrected chi connectivity index (χ1v) is 11.7. The minimum absolute atomic E-state index is 0.402. The van der Waals surface area contributed by atoms with Crippen LogP contribution in [0.2, 0.25) is 0 Å². The van der Waals surface area contributed by atoms with E-state index in [1.165, 1.54) is 16.8 Å². The van der Waals surface area contributed by atoms with Crippen molar-refractivity contribution in [3.8, 4) is 17.2 Å². The highest BCUT2D eigenvalue weighted by molar-refractivity contribution is 5.54. The van der Waals surface area contributed by atoms with Gasteiger partial charge in [-0.05, 0) is 62.1 Å². The molecule has 176 valence electrons. The van der Waals surface area contributed by atoms with Crippen LogP contribution in [-0.2, 0) is 12.8 Å². The second-order valence-electron chi connectivity index (χ2n) is 8.22. The molecule has 0 bridgehead atoms. The summed E-state index contributed by atoms with van der Waals surface area (Å²) in [7, 11) is 4.99. The van der Waals surface area contributed by atoms with Crippen LogP contribution in [0.25, 0.3) is 0 Å². The van der Waals surface area contributed by atoms with Crippen LogP contribution in [-0.4, -0.2) is 71.5 Å². The lowest BCUT2D eigenvalue weighted by atomic mass is 9.96. The monoisotopic (exact) mass is 441 g/mol. The molecule has 1 unspecified atom stereocenters. The van der Waals surface area contributed by atoms with Gasteiger partial charge < -0.3 is 24.4 Å². The highest BCUT2D eigenvalue weighted by Crippen LogP contribution is 2.38. The van der Waals surface area contributed by atoms with Crippen molar-refractivity contribution in [2.45, 2.75) is 32.7 Å². The van der Waals surface area contributed by atoms with E-state index in [4.69, 9.17) is 14.2 Å².